The monoisotopic (exact) mass is 235 g/mol. The molecule has 0 radical (unpaired) electrons. The van der Waals surface area contributed by atoms with Crippen molar-refractivity contribution in [2.75, 3.05) is 7.05 Å². The van der Waals surface area contributed by atoms with Crippen molar-refractivity contribution in [1.29, 1.82) is 0 Å². The summed E-state index contributed by atoms with van der Waals surface area (Å²) in [5.41, 5.74) is 2.65. The van der Waals surface area contributed by atoms with Gasteiger partial charge in [0.2, 0.25) is 4.99 Å². The molecule has 1 heterocycles. The van der Waals surface area contributed by atoms with Gasteiger partial charge in [0.05, 0.1) is 0 Å². The molecule has 0 bridgehead atoms. The molecule has 4 nitrogen and oxygen atoms in total. The molecule has 0 saturated carbocycles. The van der Waals surface area contributed by atoms with Crippen LogP contribution in [0.25, 0.3) is 0 Å². The third kappa shape index (κ3) is 2.04. The molecule has 0 aliphatic carbocycles. The minimum atomic E-state index is -0.996. The zero-order chi connectivity index (χ0) is 11.0. The highest BCUT2D eigenvalue weighted by molar-refractivity contribution is 8.16. The van der Waals surface area contributed by atoms with Crippen molar-refractivity contribution in [3.63, 3.8) is 0 Å². The molecule has 1 unspecified atom stereocenters. The summed E-state index contributed by atoms with van der Waals surface area (Å²) in [4.78, 5) is 10.2. The standard InChI is InChI=1S/C8H14ClN3OS/c1-7(2,3)6-11-12-8(10-4,14-6)5(9)13/h10,12H,1-4H3. The molecule has 1 atom stereocenters. The van der Waals surface area contributed by atoms with Crippen LogP contribution in [0.15, 0.2) is 5.10 Å². The van der Waals surface area contributed by atoms with E-state index >= 15 is 0 Å². The first-order valence-electron chi connectivity index (χ1n) is 4.25. The fourth-order valence-corrected chi connectivity index (χ4v) is 2.14. The summed E-state index contributed by atoms with van der Waals surface area (Å²) in [6.45, 7) is 6.10. The highest BCUT2D eigenvalue weighted by atomic mass is 35.5. The Morgan fingerprint density at radius 1 is 1.64 bits per heavy atom. The molecule has 1 aliphatic rings. The Balaban J connectivity index is 2.83. The van der Waals surface area contributed by atoms with E-state index in [1.54, 1.807) is 7.05 Å². The van der Waals surface area contributed by atoms with E-state index in [0.717, 1.165) is 5.04 Å². The van der Waals surface area contributed by atoms with Gasteiger partial charge in [-0.2, -0.15) is 5.10 Å². The first kappa shape index (κ1) is 11.8. The molecule has 0 aromatic heterocycles. The third-order valence-corrected chi connectivity index (χ3v) is 3.91. The number of hydrazone groups is 1. The van der Waals surface area contributed by atoms with E-state index in [0.29, 0.717) is 0 Å². The lowest BCUT2D eigenvalue weighted by molar-refractivity contribution is -0.115. The number of halogens is 1. The van der Waals surface area contributed by atoms with Gasteiger partial charge in [0.1, 0.15) is 5.04 Å². The normalized spacial score (nSPS) is 27.1. The molecule has 1 rings (SSSR count). The number of hydrogen-bond donors (Lipinski definition) is 2. The van der Waals surface area contributed by atoms with Gasteiger partial charge in [0.15, 0.2) is 0 Å². The van der Waals surface area contributed by atoms with Crippen molar-refractivity contribution in [3.8, 4) is 0 Å². The molecule has 0 amide bonds. The van der Waals surface area contributed by atoms with Crippen LogP contribution in [0.5, 0.6) is 0 Å². The second kappa shape index (κ2) is 3.72. The number of thioether (sulfide) groups is 1. The first-order valence-corrected chi connectivity index (χ1v) is 5.44. The number of rotatable bonds is 2. The number of carbonyl (C=O) groups is 1. The molecule has 0 aromatic rings. The van der Waals surface area contributed by atoms with Crippen LogP contribution in [0.1, 0.15) is 20.8 Å². The SMILES string of the molecule is CNC1(C(=O)Cl)NN=C(C(C)(C)C)S1. The van der Waals surface area contributed by atoms with E-state index in [2.05, 4.69) is 15.8 Å². The maximum absolute atomic E-state index is 11.2. The summed E-state index contributed by atoms with van der Waals surface area (Å²) in [5, 5.41) is 7.32. The van der Waals surface area contributed by atoms with E-state index < -0.39 is 10.2 Å². The fourth-order valence-electron chi connectivity index (χ4n) is 0.930. The quantitative estimate of drug-likeness (QED) is 0.709. The molecule has 2 N–H and O–H groups in total. The van der Waals surface area contributed by atoms with Gasteiger partial charge in [-0.25, -0.2) is 0 Å². The second-order valence-corrected chi connectivity index (χ2v) is 5.63. The minimum Gasteiger partial charge on any atom is -0.280 e. The second-order valence-electron chi connectivity index (χ2n) is 4.09. The molecular formula is C8H14ClN3OS. The lowest BCUT2D eigenvalue weighted by atomic mass is 9.99. The molecule has 0 spiro atoms. The average Bonchev–Trinajstić information content (AvgIpc) is 2.47. The van der Waals surface area contributed by atoms with E-state index in [1.807, 2.05) is 20.8 Å². The van der Waals surface area contributed by atoms with Gasteiger partial charge in [-0.05, 0) is 18.6 Å². The Morgan fingerprint density at radius 3 is 2.43 bits per heavy atom. The first-order chi connectivity index (χ1) is 6.32. The van der Waals surface area contributed by atoms with E-state index in [4.69, 9.17) is 11.6 Å². The largest absolute Gasteiger partial charge is 0.280 e. The predicted octanol–water partition coefficient (Wildman–Crippen LogP) is 1.32. The maximum atomic E-state index is 11.2. The van der Waals surface area contributed by atoms with Crippen LogP contribution in [-0.2, 0) is 4.79 Å². The number of likely N-dealkylation sites (N-methyl/N-ethyl adjacent to an activating group) is 1. The van der Waals surface area contributed by atoms with Crippen LogP contribution in [0.2, 0.25) is 0 Å². The van der Waals surface area contributed by atoms with E-state index in [-0.39, 0.29) is 5.41 Å². The number of nitrogens with one attached hydrogen (secondary N) is 2. The van der Waals surface area contributed by atoms with Crippen LogP contribution in [0.4, 0.5) is 0 Å². The zero-order valence-electron chi connectivity index (χ0n) is 8.64. The maximum Gasteiger partial charge on any atom is 0.274 e. The Morgan fingerprint density at radius 2 is 2.21 bits per heavy atom. The Kier molecular flexibility index (Phi) is 3.13. The lowest BCUT2D eigenvalue weighted by Crippen LogP contribution is -2.53. The molecular weight excluding hydrogens is 222 g/mol. The summed E-state index contributed by atoms with van der Waals surface area (Å²) in [6, 6.07) is 0. The van der Waals surface area contributed by atoms with Crippen molar-refractivity contribution in [2.45, 2.75) is 25.8 Å². The minimum absolute atomic E-state index is 0.0807. The molecule has 80 valence electrons. The molecule has 0 fully saturated rings. The molecule has 14 heavy (non-hydrogen) atoms. The van der Waals surface area contributed by atoms with E-state index in [9.17, 15) is 4.79 Å². The van der Waals surface area contributed by atoms with Gasteiger partial charge in [0.25, 0.3) is 5.24 Å². The smallest absolute Gasteiger partial charge is 0.274 e. The summed E-state index contributed by atoms with van der Waals surface area (Å²) < 4.78 is 0. The predicted molar refractivity (Wildman–Crippen MR) is 60.3 cm³/mol. The van der Waals surface area contributed by atoms with E-state index in [1.165, 1.54) is 11.8 Å². The van der Waals surface area contributed by atoms with Crippen LogP contribution < -0.4 is 10.7 Å². The van der Waals surface area contributed by atoms with Crippen molar-refractivity contribution in [2.24, 2.45) is 10.5 Å². The number of carbonyl (C=O) groups excluding carboxylic acids is 1. The van der Waals surface area contributed by atoms with Gasteiger partial charge in [-0.3, -0.25) is 15.5 Å². The Hall–Kier alpha value is -0.260. The molecule has 0 saturated heterocycles. The number of nitrogens with zero attached hydrogens (tertiary/aromatic N) is 1. The van der Waals surface area contributed by atoms with Crippen molar-refractivity contribution in [3.05, 3.63) is 0 Å². The molecule has 6 heteroatoms. The van der Waals surface area contributed by atoms with Crippen molar-refractivity contribution >= 4 is 33.6 Å². The number of hydrogen-bond acceptors (Lipinski definition) is 5. The highest BCUT2D eigenvalue weighted by Crippen LogP contribution is 2.36. The van der Waals surface area contributed by atoms with Crippen LogP contribution in [0.3, 0.4) is 0 Å². The van der Waals surface area contributed by atoms with Crippen LogP contribution >= 0.6 is 23.4 Å². The van der Waals surface area contributed by atoms with Gasteiger partial charge in [-0.1, -0.05) is 32.5 Å². The van der Waals surface area contributed by atoms with Crippen LogP contribution in [0, 0.1) is 5.41 Å². The summed E-state index contributed by atoms with van der Waals surface area (Å²) >= 11 is 6.82. The summed E-state index contributed by atoms with van der Waals surface area (Å²) in [5.74, 6) is 0. The Labute approximate surface area is 92.8 Å². The Bertz CT molecular complexity index is 287. The van der Waals surface area contributed by atoms with Gasteiger partial charge in [-0.15, -0.1) is 0 Å². The summed E-state index contributed by atoms with van der Waals surface area (Å²) in [7, 11) is 1.67. The zero-order valence-corrected chi connectivity index (χ0v) is 10.2. The molecule has 1 aliphatic heterocycles. The van der Waals surface area contributed by atoms with Crippen molar-refractivity contribution in [1.82, 2.24) is 10.7 Å². The average molecular weight is 236 g/mol. The highest BCUT2D eigenvalue weighted by Gasteiger charge is 2.44. The van der Waals surface area contributed by atoms with Crippen LogP contribution in [-0.4, -0.2) is 22.3 Å². The molecule has 0 aromatic carbocycles. The van der Waals surface area contributed by atoms with Crippen molar-refractivity contribution < 1.29 is 4.79 Å². The van der Waals surface area contributed by atoms with Gasteiger partial charge < -0.3 is 0 Å². The van der Waals surface area contributed by atoms with Gasteiger partial charge in [0, 0.05) is 5.41 Å². The van der Waals surface area contributed by atoms with Gasteiger partial charge >= 0.3 is 0 Å². The lowest BCUT2D eigenvalue weighted by Gasteiger charge is -2.24. The summed E-state index contributed by atoms with van der Waals surface area (Å²) in [6.07, 6.45) is 0. The third-order valence-electron chi connectivity index (χ3n) is 1.84. The fraction of sp³-hybridized carbons (Fsp3) is 0.750. The topological polar surface area (TPSA) is 53.5 Å².